The molecule has 0 saturated heterocycles. The lowest BCUT2D eigenvalue weighted by atomic mass is 9.88. The summed E-state index contributed by atoms with van der Waals surface area (Å²) in [5, 5.41) is 5.72. The van der Waals surface area contributed by atoms with Crippen molar-refractivity contribution in [3.05, 3.63) is 33.4 Å². The van der Waals surface area contributed by atoms with Crippen molar-refractivity contribution in [2.24, 2.45) is 0 Å². The highest BCUT2D eigenvalue weighted by atomic mass is 16.1. The zero-order valence-electron chi connectivity index (χ0n) is 13.2. The summed E-state index contributed by atoms with van der Waals surface area (Å²) in [6, 6.07) is 0. The van der Waals surface area contributed by atoms with Crippen molar-refractivity contribution in [2.75, 3.05) is 0 Å². The number of nitrogens with one attached hydrogen (secondary N) is 2. The van der Waals surface area contributed by atoms with E-state index in [2.05, 4.69) is 38.3 Å². The van der Waals surface area contributed by atoms with Gasteiger partial charge < -0.3 is 10.6 Å². The van der Waals surface area contributed by atoms with Gasteiger partial charge >= 0.3 is 0 Å². The summed E-state index contributed by atoms with van der Waals surface area (Å²) in [6.45, 7) is 12.4. The summed E-state index contributed by atoms with van der Waals surface area (Å²) in [5.74, 6) is -0.0529. The van der Waals surface area contributed by atoms with E-state index in [0.29, 0.717) is 13.1 Å². The first-order valence-electron chi connectivity index (χ1n) is 6.82. The van der Waals surface area contributed by atoms with Crippen molar-refractivity contribution in [2.45, 2.75) is 54.6 Å². The van der Waals surface area contributed by atoms with Crippen LogP contribution in [-0.4, -0.2) is 11.8 Å². The van der Waals surface area contributed by atoms with Gasteiger partial charge in [0.15, 0.2) is 0 Å². The third kappa shape index (κ3) is 3.59. The lowest BCUT2D eigenvalue weighted by molar-refractivity contribution is -0.120. The first-order chi connectivity index (χ1) is 9.25. The fraction of sp³-hybridized carbons (Fsp3) is 0.500. The zero-order chi connectivity index (χ0) is 15.4. The second-order valence-electron chi connectivity index (χ2n) is 5.28. The van der Waals surface area contributed by atoms with Crippen molar-refractivity contribution in [3.63, 3.8) is 0 Å². The second kappa shape index (κ2) is 6.55. The van der Waals surface area contributed by atoms with Gasteiger partial charge in [0, 0.05) is 26.9 Å². The molecule has 0 fully saturated rings. The molecule has 0 aliphatic carbocycles. The maximum Gasteiger partial charge on any atom is 0.217 e. The van der Waals surface area contributed by atoms with Gasteiger partial charge in [-0.25, -0.2) is 0 Å². The largest absolute Gasteiger partial charge is 0.352 e. The lowest BCUT2D eigenvalue weighted by Crippen LogP contribution is -2.23. The highest BCUT2D eigenvalue weighted by molar-refractivity contribution is 5.73. The van der Waals surface area contributed by atoms with E-state index in [1.54, 1.807) is 0 Å². The Balaban J connectivity index is 3.19. The van der Waals surface area contributed by atoms with Gasteiger partial charge in [0.2, 0.25) is 11.8 Å². The molecule has 0 aliphatic heterocycles. The summed E-state index contributed by atoms with van der Waals surface area (Å²) in [6.07, 6.45) is 0. The Morgan fingerprint density at radius 3 is 1.15 bits per heavy atom. The Morgan fingerprint density at radius 1 is 0.700 bits per heavy atom. The van der Waals surface area contributed by atoms with Crippen LogP contribution in [0.5, 0.6) is 0 Å². The average Bonchev–Trinajstić information content (AvgIpc) is 2.35. The van der Waals surface area contributed by atoms with Gasteiger partial charge in [0.25, 0.3) is 0 Å². The highest BCUT2D eigenvalue weighted by Crippen LogP contribution is 2.26. The van der Waals surface area contributed by atoms with E-state index in [4.69, 9.17) is 0 Å². The van der Waals surface area contributed by atoms with Crippen LogP contribution in [0.1, 0.15) is 47.2 Å². The number of carbonyl (C=O) groups excluding carboxylic acids is 2. The van der Waals surface area contributed by atoms with Crippen molar-refractivity contribution in [1.29, 1.82) is 0 Å². The monoisotopic (exact) mass is 276 g/mol. The van der Waals surface area contributed by atoms with Gasteiger partial charge in [-0.15, -0.1) is 0 Å². The smallest absolute Gasteiger partial charge is 0.217 e. The number of hydrogen-bond donors (Lipinski definition) is 2. The van der Waals surface area contributed by atoms with E-state index in [9.17, 15) is 9.59 Å². The Morgan fingerprint density at radius 2 is 0.950 bits per heavy atom. The van der Waals surface area contributed by atoms with Crippen LogP contribution in [0.25, 0.3) is 0 Å². The van der Waals surface area contributed by atoms with E-state index < -0.39 is 0 Å². The van der Waals surface area contributed by atoms with Crippen molar-refractivity contribution < 1.29 is 9.59 Å². The molecule has 0 heterocycles. The normalized spacial score (nSPS) is 10.3. The molecule has 0 aromatic heterocycles. The van der Waals surface area contributed by atoms with Crippen LogP contribution < -0.4 is 10.6 Å². The molecule has 1 aromatic carbocycles. The first-order valence-corrected chi connectivity index (χ1v) is 6.82. The van der Waals surface area contributed by atoms with Gasteiger partial charge in [-0.1, -0.05) is 0 Å². The van der Waals surface area contributed by atoms with E-state index in [1.165, 1.54) is 47.2 Å². The molecular weight excluding hydrogens is 252 g/mol. The van der Waals surface area contributed by atoms with Crippen molar-refractivity contribution >= 4 is 11.8 Å². The van der Waals surface area contributed by atoms with E-state index in [-0.39, 0.29) is 11.8 Å². The zero-order valence-corrected chi connectivity index (χ0v) is 13.2. The van der Waals surface area contributed by atoms with Crippen molar-refractivity contribution in [3.8, 4) is 0 Å². The van der Waals surface area contributed by atoms with E-state index in [1.807, 2.05) is 0 Å². The van der Waals surface area contributed by atoms with Crippen LogP contribution >= 0.6 is 0 Å². The van der Waals surface area contributed by atoms with Gasteiger partial charge in [0.1, 0.15) is 0 Å². The first kappa shape index (κ1) is 16.2. The summed E-state index contributed by atoms with van der Waals surface area (Å²) in [4.78, 5) is 22.2. The summed E-state index contributed by atoms with van der Waals surface area (Å²) < 4.78 is 0. The Kier molecular flexibility index (Phi) is 5.31. The molecular formula is C16H24N2O2. The fourth-order valence-electron chi connectivity index (χ4n) is 2.42. The fourth-order valence-corrected chi connectivity index (χ4v) is 2.42. The molecule has 4 nitrogen and oxygen atoms in total. The highest BCUT2D eigenvalue weighted by Gasteiger charge is 2.14. The molecule has 1 rings (SSSR count). The molecule has 110 valence electrons. The Hall–Kier alpha value is -1.84. The van der Waals surface area contributed by atoms with Gasteiger partial charge in [-0.05, 0) is 61.1 Å². The number of carbonyl (C=O) groups is 2. The molecule has 0 saturated carbocycles. The molecule has 0 aliphatic rings. The molecule has 0 atom stereocenters. The molecule has 0 spiro atoms. The number of benzene rings is 1. The molecule has 2 amide bonds. The molecule has 0 unspecified atom stereocenters. The van der Waals surface area contributed by atoms with E-state index >= 15 is 0 Å². The van der Waals surface area contributed by atoms with Crippen LogP contribution in [0.3, 0.4) is 0 Å². The standard InChI is InChI=1S/C16H24N2O2/c1-9-10(2)16(8-18-14(6)20)12(4)11(3)15(9)7-17-13(5)19/h7-8H2,1-6H3,(H,17,19)(H,18,20). The maximum atomic E-state index is 11.1. The third-order valence-electron chi connectivity index (χ3n) is 3.96. The maximum absolute atomic E-state index is 11.1. The van der Waals surface area contributed by atoms with Gasteiger partial charge in [-0.2, -0.15) is 0 Å². The minimum Gasteiger partial charge on any atom is -0.352 e. The lowest BCUT2D eigenvalue weighted by Gasteiger charge is -2.21. The van der Waals surface area contributed by atoms with Gasteiger partial charge in [-0.3, -0.25) is 9.59 Å². The number of amides is 2. The quantitative estimate of drug-likeness (QED) is 0.885. The van der Waals surface area contributed by atoms with E-state index in [0.717, 1.165) is 0 Å². The summed E-state index contributed by atoms with van der Waals surface area (Å²) in [7, 11) is 0. The SMILES string of the molecule is CC(=O)NCc1c(C)c(C)c(CNC(C)=O)c(C)c1C. The summed E-state index contributed by atoms with van der Waals surface area (Å²) in [5.41, 5.74) is 7.07. The van der Waals surface area contributed by atoms with Crippen LogP contribution in [0.15, 0.2) is 0 Å². The second-order valence-corrected chi connectivity index (χ2v) is 5.28. The minimum atomic E-state index is -0.0265. The Labute approximate surface area is 121 Å². The third-order valence-corrected chi connectivity index (χ3v) is 3.96. The van der Waals surface area contributed by atoms with Crippen LogP contribution in [-0.2, 0) is 22.7 Å². The van der Waals surface area contributed by atoms with Crippen LogP contribution in [0, 0.1) is 27.7 Å². The Bertz CT molecular complexity index is 470. The number of hydrogen-bond acceptors (Lipinski definition) is 2. The van der Waals surface area contributed by atoms with Crippen LogP contribution in [0.2, 0.25) is 0 Å². The molecule has 2 N–H and O–H groups in total. The molecule has 0 radical (unpaired) electrons. The average molecular weight is 276 g/mol. The molecule has 1 aromatic rings. The molecule has 0 bridgehead atoms. The van der Waals surface area contributed by atoms with Crippen LogP contribution in [0.4, 0.5) is 0 Å². The minimum absolute atomic E-state index is 0.0265. The molecule has 4 heteroatoms. The topological polar surface area (TPSA) is 58.2 Å². The van der Waals surface area contributed by atoms with Crippen molar-refractivity contribution in [1.82, 2.24) is 10.6 Å². The number of rotatable bonds is 4. The predicted octanol–water partition coefficient (Wildman–Crippen LogP) is 2.19. The van der Waals surface area contributed by atoms with Gasteiger partial charge in [0.05, 0.1) is 0 Å². The molecule has 20 heavy (non-hydrogen) atoms. The predicted molar refractivity (Wildman–Crippen MR) is 80.4 cm³/mol. The summed E-state index contributed by atoms with van der Waals surface area (Å²) >= 11 is 0.